The first kappa shape index (κ1) is 31.4. The summed E-state index contributed by atoms with van der Waals surface area (Å²) >= 11 is 0. The first-order chi connectivity index (χ1) is 26.7. The van der Waals surface area contributed by atoms with E-state index in [1.165, 1.54) is 22.5 Å². The van der Waals surface area contributed by atoms with Crippen molar-refractivity contribution in [2.45, 2.75) is 6.04 Å². The number of hydrogen-bond acceptors (Lipinski definition) is 9. The van der Waals surface area contributed by atoms with E-state index in [-0.39, 0.29) is 6.04 Å². The predicted octanol–water partition coefficient (Wildman–Crippen LogP) is 8.73. The van der Waals surface area contributed by atoms with Gasteiger partial charge < -0.3 is 10.6 Å². The number of aromatic nitrogens is 6. The van der Waals surface area contributed by atoms with Gasteiger partial charge in [-0.05, 0) is 86.4 Å². The van der Waals surface area contributed by atoms with Crippen molar-refractivity contribution in [1.82, 2.24) is 40.5 Å². The van der Waals surface area contributed by atoms with Gasteiger partial charge in [0.1, 0.15) is 19.3 Å². The monoisotopic (exact) mass is 697 g/mol. The van der Waals surface area contributed by atoms with Crippen LogP contribution in [0.25, 0.3) is 77.4 Å². The van der Waals surface area contributed by atoms with E-state index in [1.54, 1.807) is 18.7 Å². The average Bonchev–Trinajstić information content (AvgIpc) is 3.27. The van der Waals surface area contributed by atoms with Crippen molar-refractivity contribution in [1.29, 1.82) is 0 Å². The number of rotatable bonds is 6. The second-order valence-electron chi connectivity index (χ2n) is 13.3. The molecule has 1 atom stereocenters. The summed E-state index contributed by atoms with van der Waals surface area (Å²) in [5.41, 5.74) is 10.5. The summed E-state index contributed by atoms with van der Waals surface area (Å²) in [5, 5.41) is 13.9. The highest BCUT2D eigenvalue weighted by Crippen LogP contribution is 2.40. The Kier molecular flexibility index (Phi) is 7.72. The highest BCUT2D eigenvalue weighted by atomic mass is 15.0. The van der Waals surface area contributed by atoms with Gasteiger partial charge in [-0.25, -0.2) is 29.9 Å². The molecule has 9 nitrogen and oxygen atoms in total. The van der Waals surface area contributed by atoms with Crippen LogP contribution >= 0.6 is 0 Å². The molecule has 9 heteroatoms. The van der Waals surface area contributed by atoms with E-state index in [1.807, 2.05) is 43.0 Å². The molecule has 256 valence electrons. The Morgan fingerprint density at radius 1 is 0.537 bits per heavy atom. The molecular weight excluding hydrogens is 667 g/mol. The van der Waals surface area contributed by atoms with E-state index in [0.717, 1.165) is 78.0 Å². The third-order valence-corrected chi connectivity index (χ3v) is 9.97. The minimum absolute atomic E-state index is 0.0288. The van der Waals surface area contributed by atoms with Crippen LogP contribution in [-0.4, -0.2) is 42.8 Å². The molecule has 0 saturated carbocycles. The molecular formula is C45H31N9. The fraction of sp³-hybridized carbons (Fsp3) is 0.0444. The molecule has 8 aromatic rings. The summed E-state index contributed by atoms with van der Waals surface area (Å²) in [6.07, 6.45) is 20.5. The van der Waals surface area contributed by atoms with Crippen LogP contribution < -0.4 is 10.6 Å². The molecule has 6 heterocycles. The molecule has 4 aromatic carbocycles. The van der Waals surface area contributed by atoms with Crippen LogP contribution in [0.4, 0.5) is 0 Å². The standard InChI is InChI=1S/C45H31N9/c1-4-40(52-43(7-1)31-19-46-25-47-20-31)28-10-13-34-37(16-28)35-14-11-29(41-5-2-8-44(53-41)32-21-48-26-49-22-32)18-39(35)36-15-12-30(17-38(34)36)42-6-3-9-45(54-42)33-23-50-27-51-24-33/h1-26,41,50,53H,27H2. The zero-order valence-electron chi connectivity index (χ0n) is 28.9. The smallest absolute Gasteiger partial charge is 0.115 e. The summed E-state index contributed by atoms with van der Waals surface area (Å²) in [6.45, 7) is 0.578. The van der Waals surface area contributed by atoms with E-state index in [4.69, 9.17) is 9.97 Å². The summed E-state index contributed by atoms with van der Waals surface area (Å²) in [7, 11) is 0. The first-order valence-electron chi connectivity index (χ1n) is 17.7. The number of pyridine rings is 2. The van der Waals surface area contributed by atoms with E-state index < -0.39 is 0 Å². The van der Waals surface area contributed by atoms with E-state index in [9.17, 15) is 0 Å². The lowest BCUT2D eigenvalue weighted by molar-refractivity contribution is 0.764. The maximum Gasteiger partial charge on any atom is 0.115 e. The molecule has 2 N–H and O–H groups in total. The number of allylic oxidation sites excluding steroid dienone is 3. The average molecular weight is 698 g/mol. The molecule has 4 aromatic heterocycles. The van der Waals surface area contributed by atoms with Crippen molar-refractivity contribution in [2.75, 3.05) is 6.67 Å². The quantitative estimate of drug-likeness (QED) is 0.166. The van der Waals surface area contributed by atoms with Crippen molar-refractivity contribution < 1.29 is 0 Å². The lowest BCUT2D eigenvalue weighted by atomic mass is 9.89. The minimum Gasteiger partial charge on any atom is -0.374 e. The maximum atomic E-state index is 5.06. The molecule has 54 heavy (non-hydrogen) atoms. The third kappa shape index (κ3) is 5.74. The van der Waals surface area contributed by atoms with Crippen LogP contribution in [0.1, 0.15) is 22.9 Å². The Morgan fingerprint density at radius 2 is 1.11 bits per heavy atom. The van der Waals surface area contributed by atoms with Gasteiger partial charge in [0.25, 0.3) is 0 Å². The Balaban J connectivity index is 1.14. The van der Waals surface area contributed by atoms with Gasteiger partial charge in [-0.1, -0.05) is 60.7 Å². The van der Waals surface area contributed by atoms with Gasteiger partial charge >= 0.3 is 0 Å². The SMILES string of the molecule is C1=CC(c2ccc3c4cc(-c5cccc(-c6cncnc6)n5)ccc4c4cc(-c5cccc(C6=CNCN=C6)n5)ccc4c3c2)NC(c2cncnc2)=C1. The van der Waals surface area contributed by atoms with Crippen LogP contribution in [0.15, 0.2) is 158 Å². The molecule has 0 aliphatic carbocycles. The van der Waals surface area contributed by atoms with Crippen molar-refractivity contribution in [2.24, 2.45) is 4.99 Å². The van der Waals surface area contributed by atoms with Crippen LogP contribution in [0.2, 0.25) is 0 Å². The first-order valence-corrected chi connectivity index (χ1v) is 17.7. The third-order valence-electron chi connectivity index (χ3n) is 9.97. The normalized spacial score (nSPS) is 15.1. The van der Waals surface area contributed by atoms with Crippen LogP contribution in [-0.2, 0) is 0 Å². The molecule has 10 rings (SSSR count). The van der Waals surface area contributed by atoms with Gasteiger partial charge in [0.2, 0.25) is 0 Å². The van der Waals surface area contributed by atoms with Gasteiger partial charge in [-0.2, -0.15) is 0 Å². The lowest BCUT2D eigenvalue weighted by Crippen LogP contribution is -2.20. The fourth-order valence-electron chi connectivity index (χ4n) is 7.35. The second-order valence-corrected chi connectivity index (χ2v) is 13.3. The number of benzene rings is 4. The zero-order chi connectivity index (χ0) is 35.8. The van der Waals surface area contributed by atoms with E-state index in [2.05, 4.69) is 127 Å². The molecule has 0 spiro atoms. The van der Waals surface area contributed by atoms with E-state index >= 15 is 0 Å². The number of aliphatic imine (C=N–C) groups is 1. The predicted molar refractivity (Wildman–Crippen MR) is 216 cm³/mol. The summed E-state index contributed by atoms with van der Waals surface area (Å²) in [6, 6.07) is 32.4. The Morgan fingerprint density at radius 3 is 1.76 bits per heavy atom. The van der Waals surface area contributed by atoms with Gasteiger partial charge in [-0.3, -0.25) is 4.99 Å². The largest absolute Gasteiger partial charge is 0.374 e. The Labute approximate surface area is 310 Å². The molecule has 0 bridgehead atoms. The highest BCUT2D eigenvalue weighted by Gasteiger charge is 2.18. The van der Waals surface area contributed by atoms with Gasteiger partial charge in [0.05, 0.1) is 28.8 Å². The van der Waals surface area contributed by atoms with Crippen LogP contribution in [0.3, 0.4) is 0 Å². The summed E-state index contributed by atoms with van der Waals surface area (Å²) < 4.78 is 0. The Bertz CT molecular complexity index is 2860. The maximum absolute atomic E-state index is 5.06. The molecule has 0 radical (unpaired) electrons. The minimum atomic E-state index is -0.0288. The van der Waals surface area contributed by atoms with Crippen molar-refractivity contribution in [3.63, 3.8) is 0 Å². The summed E-state index contributed by atoms with van der Waals surface area (Å²) in [5.74, 6) is 0. The van der Waals surface area contributed by atoms with Gasteiger partial charge in [0.15, 0.2) is 0 Å². The number of hydrogen-bond donors (Lipinski definition) is 2. The molecule has 2 aliphatic rings. The van der Waals surface area contributed by atoms with Crippen molar-refractivity contribution in [3.8, 4) is 33.8 Å². The lowest BCUT2D eigenvalue weighted by Gasteiger charge is -2.23. The Hall–Kier alpha value is -7.39. The zero-order valence-corrected chi connectivity index (χ0v) is 28.9. The molecule has 2 aliphatic heterocycles. The molecule has 0 saturated heterocycles. The van der Waals surface area contributed by atoms with Crippen molar-refractivity contribution >= 4 is 49.8 Å². The number of nitrogens with one attached hydrogen (secondary N) is 2. The topological polar surface area (TPSA) is 114 Å². The number of nitrogens with zero attached hydrogens (tertiary/aromatic N) is 7. The van der Waals surface area contributed by atoms with Crippen LogP contribution in [0.5, 0.6) is 0 Å². The van der Waals surface area contributed by atoms with Gasteiger partial charge in [0, 0.05) is 70.7 Å². The van der Waals surface area contributed by atoms with Crippen molar-refractivity contribution in [3.05, 3.63) is 170 Å². The van der Waals surface area contributed by atoms with E-state index in [0.29, 0.717) is 6.67 Å². The number of dihydropyridines is 1. The summed E-state index contributed by atoms with van der Waals surface area (Å²) in [4.78, 5) is 31.3. The molecule has 0 fully saturated rings. The molecule has 1 unspecified atom stereocenters. The highest BCUT2D eigenvalue weighted by molar-refractivity contribution is 6.26. The number of fused-ring (bicyclic) bond motifs is 6. The second kappa shape index (κ2) is 13.3. The molecule has 0 amide bonds. The van der Waals surface area contributed by atoms with Crippen LogP contribution in [0, 0.1) is 0 Å². The fourth-order valence-corrected chi connectivity index (χ4v) is 7.35. The van der Waals surface area contributed by atoms with Gasteiger partial charge in [-0.15, -0.1) is 0 Å².